The van der Waals surface area contributed by atoms with Crippen LogP contribution < -0.4 is 16.0 Å². The van der Waals surface area contributed by atoms with Gasteiger partial charge >= 0.3 is 0 Å². The summed E-state index contributed by atoms with van der Waals surface area (Å²) in [6.45, 7) is 7.21. The summed E-state index contributed by atoms with van der Waals surface area (Å²) in [4.78, 5) is 18.0. The van der Waals surface area contributed by atoms with Gasteiger partial charge in [0, 0.05) is 37.4 Å². The molecule has 0 fully saturated rings. The number of carbonyl (C=O) groups excluding carboxylic acids is 1. The summed E-state index contributed by atoms with van der Waals surface area (Å²) < 4.78 is 0. The molecular weight excluding hydrogens is 254 g/mol. The molecular formula is C14H23N5O. The molecule has 0 aromatic carbocycles. The predicted octanol–water partition coefficient (Wildman–Crippen LogP) is 1.37. The second kappa shape index (κ2) is 7.47. The molecule has 1 amide bonds. The molecule has 0 aliphatic carbocycles. The Morgan fingerprint density at radius 1 is 1.55 bits per heavy atom. The summed E-state index contributed by atoms with van der Waals surface area (Å²) in [5, 5.41) is 10.1. The molecule has 1 rings (SSSR count). The molecule has 6 heteroatoms. The van der Waals surface area contributed by atoms with Gasteiger partial charge in [-0.3, -0.25) is 15.2 Å². The van der Waals surface area contributed by atoms with Crippen molar-refractivity contribution < 1.29 is 4.79 Å². The van der Waals surface area contributed by atoms with Gasteiger partial charge in [-0.05, 0) is 32.9 Å². The Kier molecular flexibility index (Phi) is 5.96. The molecule has 0 saturated heterocycles. The van der Waals surface area contributed by atoms with Crippen molar-refractivity contribution in [1.82, 2.24) is 10.3 Å². The summed E-state index contributed by atoms with van der Waals surface area (Å²) in [5.41, 5.74) is 6.73. The number of carbonyl (C=O) groups is 1. The lowest BCUT2D eigenvalue weighted by Gasteiger charge is -2.29. The maximum Gasteiger partial charge on any atom is 0.269 e. The van der Waals surface area contributed by atoms with Crippen LogP contribution >= 0.6 is 0 Å². The predicted molar refractivity (Wildman–Crippen MR) is 81.3 cm³/mol. The molecule has 0 bridgehead atoms. The van der Waals surface area contributed by atoms with Crippen molar-refractivity contribution in [3.8, 4) is 0 Å². The van der Waals surface area contributed by atoms with Crippen LogP contribution in [0, 0.1) is 5.41 Å². The lowest BCUT2D eigenvalue weighted by atomic mass is 10.2. The summed E-state index contributed by atoms with van der Waals surface area (Å²) in [6, 6.07) is 3.88. The van der Waals surface area contributed by atoms with Crippen LogP contribution in [0.15, 0.2) is 18.3 Å². The summed E-state index contributed by atoms with van der Waals surface area (Å²) in [7, 11) is 0. The largest absolute Gasteiger partial charge is 0.388 e. The van der Waals surface area contributed by atoms with Gasteiger partial charge in [-0.25, -0.2) is 0 Å². The zero-order valence-electron chi connectivity index (χ0n) is 12.3. The standard InChI is InChI=1S/C14H23N5O/c1-4-17-14(20)12-9-11(5-7-18-12)19(10(2)3)8-6-13(15)16/h5,7,9-10H,4,6,8H2,1-3H3,(H3,15,16)(H,17,20). The van der Waals surface area contributed by atoms with Gasteiger partial charge in [0.2, 0.25) is 0 Å². The van der Waals surface area contributed by atoms with Crippen molar-refractivity contribution in [3.63, 3.8) is 0 Å². The van der Waals surface area contributed by atoms with E-state index in [4.69, 9.17) is 11.1 Å². The lowest BCUT2D eigenvalue weighted by Crippen LogP contribution is -2.34. The molecule has 20 heavy (non-hydrogen) atoms. The average molecular weight is 277 g/mol. The first-order valence-electron chi connectivity index (χ1n) is 6.79. The third-order valence-corrected chi connectivity index (χ3v) is 2.89. The average Bonchev–Trinajstić information content (AvgIpc) is 2.39. The van der Waals surface area contributed by atoms with E-state index >= 15 is 0 Å². The third kappa shape index (κ3) is 4.53. The van der Waals surface area contributed by atoms with E-state index in [1.807, 2.05) is 13.0 Å². The Hall–Kier alpha value is -2.11. The fourth-order valence-electron chi connectivity index (χ4n) is 1.90. The summed E-state index contributed by atoms with van der Waals surface area (Å²) in [5.74, 6) is -0.0155. The molecule has 1 aromatic rings. The van der Waals surface area contributed by atoms with E-state index in [0.717, 1.165) is 5.69 Å². The van der Waals surface area contributed by atoms with Gasteiger partial charge in [-0.15, -0.1) is 0 Å². The van der Waals surface area contributed by atoms with Crippen molar-refractivity contribution in [3.05, 3.63) is 24.0 Å². The Morgan fingerprint density at radius 2 is 2.25 bits per heavy atom. The van der Waals surface area contributed by atoms with Crippen LogP contribution in [0.5, 0.6) is 0 Å². The molecule has 0 spiro atoms. The zero-order valence-corrected chi connectivity index (χ0v) is 12.3. The topological polar surface area (TPSA) is 95.1 Å². The van der Waals surface area contributed by atoms with E-state index in [0.29, 0.717) is 25.2 Å². The van der Waals surface area contributed by atoms with Crippen molar-refractivity contribution in [2.75, 3.05) is 18.0 Å². The number of rotatable bonds is 7. The number of amidine groups is 1. The fraction of sp³-hybridized carbons (Fsp3) is 0.500. The van der Waals surface area contributed by atoms with Crippen molar-refractivity contribution >= 4 is 17.4 Å². The van der Waals surface area contributed by atoms with Crippen molar-refractivity contribution in [1.29, 1.82) is 5.41 Å². The van der Waals surface area contributed by atoms with Gasteiger partial charge < -0.3 is 16.0 Å². The molecule has 0 unspecified atom stereocenters. The van der Waals surface area contributed by atoms with Crippen molar-refractivity contribution in [2.45, 2.75) is 33.2 Å². The van der Waals surface area contributed by atoms with Crippen LogP contribution in [-0.4, -0.2) is 35.9 Å². The van der Waals surface area contributed by atoms with Gasteiger partial charge in [-0.2, -0.15) is 0 Å². The number of anilines is 1. The Morgan fingerprint density at radius 3 is 2.80 bits per heavy atom. The minimum Gasteiger partial charge on any atom is -0.388 e. The Balaban J connectivity index is 2.93. The quantitative estimate of drug-likeness (QED) is 0.518. The SMILES string of the molecule is CCNC(=O)c1cc(N(CCC(=N)N)C(C)C)ccn1. The third-order valence-electron chi connectivity index (χ3n) is 2.89. The molecule has 0 saturated carbocycles. The number of nitrogens with one attached hydrogen (secondary N) is 2. The van der Waals surface area contributed by atoms with Gasteiger partial charge in [0.05, 0.1) is 5.84 Å². The van der Waals surface area contributed by atoms with Gasteiger partial charge in [0.25, 0.3) is 5.91 Å². The van der Waals surface area contributed by atoms with Gasteiger partial charge in [0.1, 0.15) is 5.69 Å². The van der Waals surface area contributed by atoms with E-state index < -0.39 is 0 Å². The van der Waals surface area contributed by atoms with E-state index in [1.54, 1.807) is 12.3 Å². The van der Waals surface area contributed by atoms with Crippen molar-refractivity contribution in [2.24, 2.45) is 5.73 Å². The number of nitrogens with zero attached hydrogens (tertiary/aromatic N) is 2. The lowest BCUT2D eigenvalue weighted by molar-refractivity contribution is 0.0951. The first kappa shape index (κ1) is 15.9. The van der Waals surface area contributed by atoms with Gasteiger partial charge in [0.15, 0.2) is 0 Å². The molecule has 0 aliphatic heterocycles. The van der Waals surface area contributed by atoms with Crippen LogP contribution in [0.3, 0.4) is 0 Å². The smallest absolute Gasteiger partial charge is 0.269 e. The molecule has 110 valence electrons. The molecule has 0 atom stereocenters. The van der Waals surface area contributed by atoms with Crippen LogP contribution in [0.1, 0.15) is 37.7 Å². The number of aromatic nitrogens is 1. The second-order valence-corrected chi connectivity index (χ2v) is 4.82. The number of hydrogen-bond donors (Lipinski definition) is 3. The number of amides is 1. The normalized spacial score (nSPS) is 10.4. The highest BCUT2D eigenvalue weighted by atomic mass is 16.1. The minimum absolute atomic E-state index is 0.161. The van der Waals surface area contributed by atoms with Crippen LogP contribution in [-0.2, 0) is 0 Å². The van der Waals surface area contributed by atoms with E-state index in [2.05, 4.69) is 29.0 Å². The molecule has 6 nitrogen and oxygen atoms in total. The molecule has 1 heterocycles. The molecule has 4 N–H and O–H groups in total. The highest BCUT2D eigenvalue weighted by Crippen LogP contribution is 2.18. The van der Waals surface area contributed by atoms with E-state index in [-0.39, 0.29) is 17.8 Å². The highest BCUT2D eigenvalue weighted by Gasteiger charge is 2.14. The van der Waals surface area contributed by atoms with E-state index in [1.165, 1.54) is 0 Å². The maximum atomic E-state index is 11.8. The first-order valence-corrected chi connectivity index (χ1v) is 6.79. The van der Waals surface area contributed by atoms with Gasteiger partial charge in [-0.1, -0.05) is 0 Å². The monoisotopic (exact) mass is 277 g/mol. The van der Waals surface area contributed by atoms with E-state index in [9.17, 15) is 4.79 Å². The number of nitrogens with two attached hydrogens (primary N) is 1. The number of pyridine rings is 1. The summed E-state index contributed by atoms with van der Waals surface area (Å²) in [6.07, 6.45) is 2.13. The van der Waals surface area contributed by atoms with Crippen LogP contribution in [0.2, 0.25) is 0 Å². The first-order chi connectivity index (χ1) is 9.45. The summed E-state index contributed by atoms with van der Waals surface area (Å²) >= 11 is 0. The minimum atomic E-state index is -0.176. The number of hydrogen-bond acceptors (Lipinski definition) is 4. The molecule has 0 aliphatic rings. The Labute approximate surface area is 119 Å². The van der Waals surface area contributed by atoms with Crippen LogP contribution in [0.4, 0.5) is 5.69 Å². The Bertz CT molecular complexity index is 472. The maximum absolute atomic E-state index is 11.8. The second-order valence-electron chi connectivity index (χ2n) is 4.82. The highest BCUT2D eigenvalue weighted by molar-refractivity contribution is 5.93. The molecule has 0 radical (unpaired) electrons. The van der Waals surface area contributed by atoms with Crippen LogP contribution in [0.25, 0.3) is 0 Å². The fourth-order valence-corrected chi connectivity index (χ4v) is 1.90. The molecule has 1 aromatic heterocycles. The zero-order chi connectivity index (χ0) is 15.1.